The van der Waals surface area contributed by atoms with Crippen LogP contribution < -0.4 is 5.32 Å². The molecule has 0 aliphatic carbocycles. The number of alkyl halides is 3. The minimum absolute atomic E-state index is 0.160. The Morgan fingerprint density at radius 1 is 1.15 bits per heavy atom. The minimum Gasteiger partial charge on any atom is -0.306 e. The smallest absolute Gasteiger partial charge is 0.306 e. The molecule has 0 fully saturated rings. The maximum Gasteiger partial charge on any atom is 0.409 e. The first-order valence-electron chi connectivity index (χ1n) is 7.71. The molecule has 0 spiro atoms. The van der Waals surface area contributed by atoms with Gasteiger partial charge in [0.05, 0.1) is 0 Å². The quantitative estimate of drug-likeness (QED) is 0.735. The number of aryl methyl sites for hydroxylation is 1. The molecule has 0 bridgehead atoms. The van der Waals surface area contributed by atoms with Crippen LogP contribution in [0.15, 0.2) is 54.7 Å². The second-order valence-corrected chi connectivity index (χ2v) is 5.65. The zero-order chi connectivity index (χ0) is 18.7. The standard InChI is InChI=1S/C19H14F3N3O/c1-12-11-13(8-9-19(20,21)22)4-6-15(12)18(26)25-16-7-5-14-3-2-10-23-17(14)24-16/h2-11H,1H3,(H,23,24,25,26)/b9-8+. The number of allylic oxidation sites excluding steroid dienone is 1. The van der Waals surface area contributed by atoms with E-state index in [1.54, 1.807) is 31.3 Å². The Labute approximate surface area is 147 Å². The van der Waals surface area contributed by atoms with Crippen LogP contribution in [0.3, 0.4) is 0 Å². The fourth-order valence-electron chi connectivity index (χ4n) is 2.44. The van der Waals surface area contributed by atoms with Crippen LogP contribution in [-0.4, -0.2) is 22.1 Å². The largest absolute Gasteiger partial charge is 0.409 e. The Morgan fingerprint density at radius 3 is 2.69 bits per heavy atom. The highest BCUT2D eigenvalue weighted by molar-refractivity contribution is 6.05. The molecule has 2 heterocycles. The molecule has 2 aromatic heterocycles. The van der Waals surface area contributed by atoms with E-state index in [0.717, 1.165) is 11.5 Å². The van der Waals surface area contributed by atoms with Gasteiger partial charge in [0.1, 0.15) is 5.82 Å². The third kappa shape index (κ3) is 4.24. The molecule has 3 rings (SSSR count). The van der Waals surface area contributed by atoms with Crippen molar-refractivity contribution in [2.75, 3.05) is 5.32 Å². The molecular formula is C19H14F3N3O. The maximum absolute atomic E-state index is 12.4. The summed E-state index contributed by atoms with van der Waals surface area (Å²) in [6.07, 6.45) is -1.64. The monoisotopic (exact) mass is 357 g/mol. The van der Waals surface area contributed by atoms with Gasteiger partial charge in [-0.3, -0.25) is 4.79 Å². The summed E-state index contributed by atoms with van der Waals surface area (Å²) in [6, 6.07) is 11.6. The molecule has 1 N–H and O–H groups in total. The number of rotatable bonds is 3. The number of pyridine rings is 2. The van der Waals surface area contributed by atoms with Crippen LogP contribution in [0.1, 0.15) is 21.5 Å². The molecule has 0 unspecified atom stereocenters. The van der Waals surface area contributed by atoms with Gasteiger partial charge in [0.15, 0.2) is 5.65 Å². The lowest BCUT2D eigenvalue weighted by atomic mass is 10.0. The molecule has 4 nitrogen and oxygen atoms in total. The molecule has 0 atom stereocenters. The lowest BCUT2D eigenvalue weighted by Gasteiger charge is -2.08. The van der Waals surface area contributed by atoms with Gasteiger partial charge in [-0.1, -0.05) is 18.2 Å². The molecule has 0 saturated carbocycles. The number of anilines is 1. The topological polar surface area (TPSA) is 54.9 Å². The SMILES string of the molecule is Cc1cc(/C=C/C(F)(F)F)ccc1C(=O)Nc1ccc2cccnc2n1. The first-order chi connectivity index (χ1) is 12.3. The van der Waals surface area contributed by atoms with Crippen LogP contribution >= 0.6 is 0 Å². The number of benzene rings is 1. The highest BCUT2D eigenvalue weighted by atomic mass is 19.4. The van der Waals surface area contributed by atoms with Crippen LogP contribution in [0.25, 0.3) is 17.1 Å². The normalized spacial score (nSPS) is 11.8. The molecular weight excluding hydrogens is 343 g/mol. The summed E-state index contributed by atoms with van der Waals surface area (Å²) in [5.41, 5.74) is 1.79. The molecule has 1 aromatic carbocycles. The van der Waals surface area contributed by atoms with Crippen molar-refractivity contribution in [2.24, 2.45) is 0 Å². The lowest BCUT2D eigenvalue weighted by Crippen LogP contribution is -2.14. The Hall–Kier alpha value is -3.22. The van der Waals surface area contributed by atoms with Crippen LogP contribution in [0.5, 0.6) is 0 Å². The van der Waals surface area contributed by atoms with E-state index in [0.29, 0.717) is 28.2 Å². The molecule has 26 heavy (non-hydrogen) atoms. The molecule has 0 aliphatic rings. The Kier molecular flexibility index (Phi) is 4.71. The summed E-state index contributed by atoms with van der Waals surface area (Å²) in [5.74, 6) is -0.0433. The van der Waals surface area contributed by atoms with Crippen LogP contribution in [0.4, 0.5) is 19.0 Å². The van der Waals surface area contributed by atoms with Gasteiger partial charge in [0.25, 0.3) is 5.91 Å². The number of nitrogens with one attached hydrogen (secondary N) is 1. The molecule has 0 saturated heterocycles. The van der Waals surface area contributed by atoms with E-state index in [1.807, 2.05) is 6.07 Å². The van der Waals surface area contributed by atoms with E-state index in [9.17, 15) is 18.0 Å². The van der Waals surface area contributed by atoms with Gasteiger partial charge in [-0.25, -0.2) is 9.97 Å². The minimum atomic E-state index is -4.38. The van der Waals surface area contributed by atoms with Crippen molar-refractivity contribution in [3.63, 3.8) is 0 Å². The number of fused-ring (bicyclic) bond motifs is 1. The third-order valence-corrected chi connectivity index (χ3v) is 3.67. The number of carbonyl (C=O) groups excluding carboxylic acids is 1. The Morgan fingerprint density at radius 2 is 1.96 bits per heavy atom. The molecule has 7 heteroatoms. The predicted octanol–water partition coefficient (Wildman–Crippen LogP) is 4.77. The first-order valence-corrected chi connectivity index (χ1v) is 7.71. The summed E-state index contributed by atoms with van der Waals surface area (Å²) in [5, 5.41) is 3.53. The summed E-state index contributed by atoms with van der Waals surface area (Å²) in [4.78, 5) is 20.8. The number of nitrogens with zero attached hydrogens (tertiary/aromatic N) is 2. The van der Waals surface area contributed by atoms with Crippen molar-refractivity contribution in [3.05, 3.63) is 71.4 Å². The second-order valence-electron chi connectivity index (χ2n) is 5.65. The average molecular weight is 357 g/mol. The predicted molar refractivity (Wildman–Crippen MR) is 93.8 cm³/mol. The molecule has 132 valence electrons. The summed E-state index contributed by atoms with van der Waals surface area (Å²) < 4.78 is 36.7. The van der Waals surface area contributed by atoms with Gasteiger partial charge < -0.3 is 5.32 Å². The third-order valence-electron chi connectivity index (χ3n) is 3.67. The Bertz CT molecular complexity index is 997. The maximum atomic E-state index is 12.4. The van der Waals surface area contributed by atoms with Gasteiger partial charge in [-0.2, -0.15) is 13.2 Å². The molecule has 1 amide bonds. The van der Waals surface area contributed by atoms with Crippen molar-refractivity contribution in [2.45, 2.75) is 13.1 Å². The fourth-order valence-corrected chi connectivity index (χ4v) is 2.44. The highest BCUT2D eigenvalue weighted by Crippen LogP contribution is 2.20. The van der Waals surface area contributed by atoms with Gasteiger partial charge in [-0.15, -0.1) is 0 Å². The zero-order valence-electron chi connectivity index (χ0n) is 13.7. The van der Waals surface area contributed by atoms with Crippen molar-refractivity contribution >= 4 is 28.8 Å². The van der Waals surface area contributed by atoms with E-state index in [2.05, 4.69) is 15.3 Å². The van der Waals surface area contributed by atoms with Gasteiger partial charge in [0.2, 0.25) is 0 Å². The number of hydrogen-bond acceptors (Lipinski definition) is 3. The highest BCUT2D eigenvalue weighted by Gasteiger charge is 2.21. The zero-order valence-corrected chi connectivity index (χ0v) is 13.7. The fraction of sp³-hybridized carbons (Fsp3) is 0.105. The Balaban J connectivity index is 1.79. The summed E-state index contributed by atoms with van der Waals surface area (Å²) in [6.45, 7) is 1.66. The van der Waals surface area contributed by atoms with E-state index in [1.165, 1.54) is 18.2 Å². The van der Waals surface area contributed by atoms with E-state index < -0.39 is 12.1 Å². The van der Waals surface area contributed by atoms with Crippen LogP contribution in [0, 0.1) is 6.92 Å². The van der Waals surface area contributed by atoms with Gasteiger partial charge in [0, 0.05) is 23.2 Å². The first kappa shape index (κ1) is 17.6. The van der Waals surface area contributed by atoms with Crippen molar-refractivity contribution in [1.82, 2.24) is 9.97 Å². The van der Waals surface area contributed by atoms with Crippen LogP contribution in [-0.2, 0) is 0 Å². The van der Waals surface area contributed by atoms with Crippen molar-refractivity contribution < 1.29 is 18.0 Å². The summed E-state index contributed by atoms with van der Waals surface area (Å²) in [7, 11) is 0. The number of amides is 1. The number of aromatic nitrogens is 2. The van der Waals surface area contributed by atoms with E-state index in [-0.39, 0.29) is 6.08 Å². The second kappa shape index (κ2) is 6.95. The van der Waals surface area contributed by atoms with Crippen molar-refractivity contribution in [1.29, 1.82) is 0 Å². The van der Waals surface area contributed by atoms with Gasteiger partial charge >= 0.3 is 6.18 Å². The molecule has 0 radical (unpaired) electrons. The number of halogens is 3. The van der Waals surface area contributed by atoms with Gasteiger partial charge in [-0.05, 0) is 48.4 Å². The number of carbonyl (C=O) groups is 1. The molecule has 0 aliphatic heterocycles. The van der Waals surface area contributed by atoms with E-state index >= 15 is 0 Å². The summed E-state index contributed by atoms with van der Waals surface area (Å²) >= 11 is 0. The van der Waals surface area contributed by atoms with E-state index in [4.69, 9.17) is 0 Å². The van der Waals surface area contributed by atoms with Crippen molar-refractivity contribution in [3.8, 4) is 0 Å². The number of hydrogen-bond donors (Lipinski definition) is 1. The average Bonchev–Trinajstić information content (AvgIpc) is 2.59. The lowest BCUT2D eigenvalue weighted by molar-refractivity contribution is -0.0790. The molecule has 3 aromatic rings. The van der Waals surface area contributed by atoms with Crippen LogP contribution in [0.2, 0.25) is 0 Å².